The Hall–Kier alpha value is -3.29. The molecule has 1 aliphatic carbocycles. The van der Waals surface area contributed by atoms with E-state index < -0.39 is 41.3 Å². The van der Waals surface area contributed by atoms with Crippen LogP contribution in [-0.2, 0) is 9.53 Å². The molecule has 0 bridgehead atoms. The summed E-state index contributed by atoms with van der Waals surface area (Å²) >= 11 is 0. The highest BCUT2D eigenvalue weighted by atomic mass is 19.2. The van der Waals surface area contributed by atoms with E-state index in [0.29, 0.717) is 16.8 Å². The number of amides is 1. The van der Waals surface area contributed by atoms with Crippen LogP contribution in [0.1, 0.15) is 62.4 Å². The van der Waals surface area contributed by atoms with Gasteiger partial charge in [0.2, 0.25) is 0 Å². The molecule has 2 aromatic rings. The number of carbonyl (C=O) groups excluding carboxylic acids is 1. The number of carboxylic acids is 1. The van der Waals surface area contributed by atoms with E-state index in [9.17, 15) is 23.5 Å². The van der Waals surface area contributed by atoms with Gasteiger partial charge >= 0.3 is 12.1 Å². The highest BCUT2D eigenvalue weighted by Gasteiger charge is 2.35. The molecule has 1 heterocycles. The molecular formula is C23H24F2N2O4. The molecule has 3 rings (SSSR count). The molecule has 0 saturated carbocycles. The van der Waals surface area contributed by atoms with E-state index in [2.05, 4.69) is 10.3 Å². The first-order chi connectivity index (χ1) is 14.6. The normalized spacial score (nSPS) is 20.0. The van der Waals surface area contributed by atoms with E-state index in [1.54, 1.807) is 32.9 Å². The summed E-state index contributed by atoms with van der Waals surface area (Å²) in [5.41, 5.74) is 0.670. The highest BCUT2D eigenvalue weighted by Crippen LogP contribution is 2.43. The van der Waals surface area contributed by atoms with E-state index in [-0.39, 0.29) is 18.4 Å². The number of aromatic nitrogens is 1. The molecule has 0 fully saturated rings. The minimum absolute atomic E-state index is 0.0902. The summed E-state index contributed by atoms with van der Waals surface area (Å²) in [6.07, 6.45) is 2.36. The van der Waals surface area contributed by atoms with Crippen molar-refractivity contribution >= 4 is 17.6 Å². The summed E-state index contributed by atoms with van der Waals surface area (Å²) in [4.78, 5) is 28.3. The Balaban J connectivity index is 2.14. The summed E-state index contributed by atoms with van der Waals surface area (Å²) in [7, 11) is 0. The number of ether oxygens (including phenoxy) is 1. The Labute approximate surface area is 179 Å². The van der Waals surface area contributed by atoms with Gasteiger partial charge in [0.05, 0.1) is 11.7 Å². The van der Waals surface area contributed by atoms with E-state index in [4.69, 9.17) is 4.74 Å². The molecule has 1 aromatic carbocycles. The lowest BCUT2D eigenvalue weighted by molar-refractivity contribution is -0.131. The van der Waals surface area contributed by atoms with Crippen LogP contribution in [0.3, 0.4) is 0 Å². The predicted molar refractivity (Wildman–Crippen MR) is 110 cm³/mol. The third kappa shape index (κ3) is 5.25. The molecule has 1 aliphatic rings. The van der Waals surface area contributed by atoms with Crippen LogP contribution < -0.4 is 5.32 Å². The van der Waals surface area contributed by atoms with Gasteiger partial charge in [-0.1, -0.05) is 18.2 Å². The maximum absolute atomic E-state index is 14.7. The molecular weight excluding hydrogens is 406 g/mol. The van der Waals surface area contributed by atoms with Crippen LogP contribution in [0.25, 0.3) is 5.57 Å². The Kier molecular flexibility index (Phi) is 6.38. The molecule has 8 heteroatoms. The first-order valence-electron chi connectivity index (χ1n) is 9.89. The summed E-state index contributed by atoms with van der Waals surface area (Å²) < 4.78 is 34.1. The number of nitrogens with one attached hydrogen (secondary N) is 1. The second kappa shape index (κ2) is 8.83. The predicted octanol–water partition coefficient (Wildman–Crippen LogP) is 4.97. The number of pyridine rings is 1. The van der Waals surface area contributed by atoms with Gasteiger partial charge in [0.1, 0.15) is 5.60 Å². The number of fused-ring (bicyclic) bond motifs is 1. The number of carbonyl (C=O) groups is 2. The molecule has 0 unspecified atom stereocenters. The number of halogens is 2. The fourth-order valence-corrected chi connectivity index (χ4v) is 3.79. The second-order valence-electron chi connectivity index (χ2n) is 8.36. The second-order valence-corrected chi connectivity index (χ2v) is 8.36. The molecule has 0 saturated heterocycles. The fourth-order valence-electron chi connectivity index (χ4n) is 3.79. The third-order valence-electron chi connectivity index (χ3n) is 4.96. The van der Waals surface area contributed by atoms with E-state index in [1.165, 1.54) is 18.3 Å². The number of rotatable bonds is 3. The van der Waals surface area contributed by atoms with Crippen molar-refractivity contribution in [3.05, 3.63) is 71.1 Å². The number of allylic oxidation sites excluding steroid dienone is 1. The van der Waals surface area contributed by atoms with Crippen molar-refractivity contribution in [1.29, 1.82) is 0 Å². The van der Waals surface area contributed by atoms with Crippen LogP contribution in [0.15, 0.2) is 42.6 Å². The highest BCUT2D eigenvalue weighted by molar-refractivity contribution is 5.90. The number of nitrogens with zero attached hydrogens (tertiary/aromatic N) is 1. The van der Waals surface area contributed by atoms with Gasteiger partial charge in [-0.05, 0) is 56.9 Å². The zero-order valence-corrected chi connectivity index (χ0v) is 17.5. The van der Waals surface area contributed by atoms with Crippen molar-refractivity contribution in [3.8, 4) is 0 Å². The number of carboxylic acid groups (broad SMARTS) is 1. The molecule has 0 aliphatic heterocycles. The van der Waals surface area contributed by atoms with Crippen molar-refractivity contribution < 1.29 is 28.2 Å². The number of hydrogen-bond acceptors (Lipinski definition) is 4. The van der Waals surface area contributed by atoms with Crippen LogP contribution in [0, 0.1) is 11.6 Å². The summed E-state index contributed by atoms with van der Waals surface area (Å²) in [5.74, 6) is -3.81. The van der Waals surface area contributed by atoms with Gasteiger partial charge in [-0.25, -0.2) is 18.4 Å². The van der Waals surface area contributed by atoms with Gasteiger partial charge in [0.25, 0.3) is 0 Å². The van der Waals surface area contributed by atoms with Crippen LogP contribution in [0.5, 0.6) is 0 Å². The molecule has 6 nitrogen and oxygen atoms in total. The average molecular weight is 430 g/mol. The first kappa shape index (κ1) is 22.4. The zero-order chi connectivity index (χ0) is 22.8. The molecule has 1 aromatic heterocycles. The zero-order valence-electron chi connectivity index (χ0n) is 17.5. The van der Waals surface area contributed by atoms with Crippen LogP contribution in [-0.4, -0.2) is 27.8 Å². The summed E-state index contributed by atoms with van der Waals surface area (Å²) in [6, 6.07) is 6.42. The summed E-state index contributed by atoms with van der Waals surface area (Å²) in [6.45, 7) is 5.14. The lowest BCUT2D eigenvalue weighted by Crippen LogP contribution is -2.37. The van der Waals surface area contributed by atoms with Crippen LogP contribution >= 0.6 is 0 Å². The summed E-state index contributed by atoms with van der Waals surface area (Å²) in [5, 5.41) is 12.1. The minimum atomic E-state index is -1.14. The SMILES string of the molecule is CC(C)(C)OC(=O)N[C@@H]1c2cccnc2/C(=C/C(=O)O)CC[C@H]1c1cccc(F)c1F. The molecule has 0 spiro atoms. The van der Waals surface area contributed by atoms with Gasteiger partial charge in [-0.2, -0.15) is 0 Å². The Morgan fingerprint density at radius 1 is 1.19 bits per heavy atom. The quantitative estimate of drug-likeness (QED) is 0.530. The largest absolute Gasteiger partial charge is 0.478 e. The van der Waals surface area contributed by atoms with Crippen molar-refractivity contribution in [1.82, 2.24) is 10.3 Å². The van der Waals surface area contributed by atoms with Crippen molar-refractivity contribution in [2.24, 2.45) is 0 Å². The van der Waals surface area contributed by atoms with E-state index in [1.807, 2.05) is 0 Å². The Morgan fingerprint density at radius 3 is 2.58 bits per heavy atom. The topological polar surface area (TPSA) is 88.5 Å². The molecule has 1 amide bonds. The van der Waals surface area contributed by atoms with Gasteiger partial charge in [0.15, 0.2) is 11.6 Å². The lowest BCUT2D eigenvalue weighted by Gasteiger charge is -2.29. The first-order valence-corrected chi connectivity index (χ1v) is 9.89. The van der Waals surface area contributed by atoms with Crippen LogP contribution in [0.2, 0.25) is 0 Å². The van der Waals surface area contributed by atoms with Crippen molar-refractivity contribution in [3.63, 3.8) is 0 Å². The van der Waals surface area contributed by atoms with E-state index >= 15 is 0 Å². The molecule has 2 N–H and O–H groups in total. The van der Waals surface area contributed by atoms with Crippen molar-refractivity contribution in [2.45, 2.75) is 51.2 Å². The lowest BCUT2D eigenvalue weighted by atomic mass is 9.85. The molecule has 2 atom stereocenters. The monoisotopic (exact) mass is 430 g/mol. The number of aliphatic carboxylic acids is 1. The Bertz CT molecular complexity index is 1030. The molecule has 0 radical (unpaired) electrons. The maximum Gasteiger partial charge on any atom is 0.408 e. The maximum atomic E-state index is 14.7. The van der Waals surface area contributed by atoms with Gasteiger partial charge in [-0.3, -0.25) is 4.98 Å². The number of hydrogen-bond donors (Lipinski definition) is 2. The molecule has 164 valence electrons. The smallest absolute Gasteiger partial charge is 0.408 e. The van der Waals surface area contributed by atoms with Crippen molar-refractivity contribution in [2.75, 3.05) is 0 Å². The number of benzene rings is 1. The third-order valence-corrected chi connectivity index (χ3v) is 4.96. The van der Waals surface area contributed by atoms with Gasteiger partial charge < -0.3 is 15.2 Å². The van der Waals surface area contributed by atoms with Gasteiger partial charge in [0, 0.05) is 23.8 Å². The molecule has 31 heavy (non-hydrogen) atoms. The van der Waals surface area contributed by atoms with Gasteiger partial charge in [-0.15, -0.1) is 0 Å². The Morgan fingerprint density at radius 2 is 1.90 bits per heavy atom. The standard InChI is InChI=1S/C23H24F2N2O4/c1-23(2,3)31-22(30)27-21-15(14-6-4-8-17(24)19(14)25)10-9-13(12-18(28)29)20-16(21)7-5-11-26-20/h4-8,11-12,15,21H,9-10H2,1-3H3,(H,27,30)(H,28,29)/b13-12+/t15-,21-/m0/s1. The fraction of sp³-hybridized carbons (Fsp3) is 0.348. The van der Waals surface area contributed by atoms with E-state index in [0.717, 1.165) is 12.1 Å². The minimum Gasteiger partial charge on any atom is -0.478 e. The number of alkyl carbamates (subject to hydrolysis) is 1. The van der Waals surface area contributed by atoms with Crippen LogP contribution in [0.4, 0.5) is 13.6 Å². The average Bonchev–Trinajstić information content (AvgIpc) is 2.80.